The molecule has 1 aliphatic rings. The average molecular weight is 447 g/mol. The molecule has 1 heterocycles. The molecule has 2 amide bonds. The van der Waals surface area contributed by atoms with E-state index in [-0.39, 0.29) is 24.8 Å². The summed E-state index contributed by atoms with van der Waals surface area (Å²) in [4.78, 5) is 26.9. The van der Waals surface area contributed by atoms with Crippen LogP contribution in [0.15, 0.2) is 66.7 Å². The minimum atomic E-state index is -0.126. The predicted octanol–water partition coefficient (Wildman–Crippen LogP) is 3.81. The maximum Gasteiger partial charge on any atom is 0.261 e. The molecule has 0 atom stereocenters. The van der Waals surface area contributed by atoms with E-state index in [0.29, 0.717) is 24.5 Å². The van der Waals surface area contributed by atoms with Crippen molar-refractivity contribution in [3.05, 3.63) is 83.4 Å². The van der Waals surface area contributed by atoms with Crippen LogP contribution in [0.25, 0.3) is 0 Å². The second kappa shape index (κ2) is 10.1. The SMILES string of the molecule is COc1ccc(CC(=O)Nc2ccc3c(c2)CN(Cc2cccc(OC)c2)C(=O)CO3)cc1. The number of nitrogens with one attached hydrogen (secondary N) is 1. The lowest BCUT2D eigenvalue weighted by Crippen LogP contribution is -2.31. The van der Waals surface area contributed by atoms with Crippen molar-refractivity contribution in [3.63, 3.8) is 0 Å². The number of hydrogen-bond acceptors (Lipinski definition) is 5. The van der Waals surface area contributed by atoms with Gasteiger partial charge in [-0.05, 0) is 53.6 Å². The number of amides is 2. The molecule has 3 aromatic carbocycles. The van der Waals surface area contributed by atoms with Crippen LogP contribution in [0, 0.1) is 0 Å². The second-order valence-corrected chi connectivity index (χ2v) is 7.79. The maximum atomic E-state index is 12.6. The summed E-state index contributed by atoms with van der Waals surface area (Å²) in [5.74, 6) is 1.91. The van der Waals surface area contributed by atoms with Gasteiger partial charge in [-0.2, -0.15) is 0 Å². The standard InChI is InChI=1S/C26H26N2O5/c1-31-22-9-6-18(7-10-22)13-25(29)27-21-8-11-24-20(14-21)16-28(26(30)17-33-24)15-19-4-3-5-23(12-19)32-2/h3-12,14H,13,15-17H2,1-2H3,(H,27,29). The average Bonchev–Trinajstić information content (AvgIpc) is 2.98. The smallest absolute Gasteiger partial charge is 0.261 e. The number of carbonyl (C=O) groups excluding carboxylic acids is 2. The summed E-state index contributed by atoms with van der Waals surface area (Å²) >= 11 is 0. The van der Waals surface area contributed by atoms with Gasteiger partial charge in [0.2, 0.25) is 5.91 Å². The molecule has 0 aromatic heterocycles. The highest BCUT2D eigenvalue weighted by Crippen LogP contribution is 2.28. The Morgan fingerprint density at radius 3 is 2.52 bits per heavy atom. The highest BCUT2D eigenvalue weighted by molar-refractivity contribution is 5.92. The van der Waals surface area contributed by atoms with Gasteiger partial charge in [0.1, 0.15) is 17.2 Å². The summed E-state index contributed by atoms with van der Waals surface area (Å²) in [6, 6.07) is 20.5. The molecule has 0 saturated heterocycles. The largest absolute Gasteiger partial charge is 0.497 e. The van der Waals surface area contributed by atoms with Crippen LogP contribution >= 0.6 is 0 Å². The third-order valence-corrected chi connectivity index (χ3v) is 5.44. The van der Waals surface area contributed by atoms with Gasteiger partial charge in [0.05, 0.1) is 20.6 Å². The summed E-state index contributed by atoms with van der Waals surface area (Å²) in [7, 11) is 3.22. The zero-order valence-corrected chi connectivity index (χ0v) is 18.7. The van der Waals surface area contributed by atoms with E-state index in [2.05, 4.69) is 5.32 Å². The molecule has 0 unspecified atom stereocenters. The fourth-order valence-electron chi connectivity index (χ4n) is 3.72. The minimum Gasteiger partial charge on any atom is -0.497 e. The van der Waals surface area contributed by atoms with Crippen LogP contribution in [0.5, 0.6) is 17.2 Å². The quantitative estimate of drug-likeness (QED) is 0.597. The molecular weight excluding hydrogens is 420 g/mol. The Morgan fingerprint density at radius 1 is 0.970 bits per heavy atom. The first-order chi connectivity index (χ1) is 16.0. The highest BCUT2D eigenvalue weighted by Gasteiger charge is 2.22. The van der Waals surface area contributed by atoms with Gasteiger partial charge in [-0.1, -0.05) is 24.3 Å². The number of nitrogens with zero attached hydrogens (tertiary/aromatic N) is 1. The zero-order chi connectivity index (χ0) is 23.2. The third-order valence-electron chi connectivity index (χ3n) is 5.44. The fourth-order valence-corrected chi connectivity index (χ4v) is 3.72. The van der Waals surface area contributed by atoms with Gasteiger partial charge in [-0.15, -0.1) is 0 Å². The van der Waals surface area contributed by atoms with Gasteiger partial charge in [0.25, 0.3) is 5.91 Å². The Balaban J connectivity index is 1.45. The monoisotopic (exact) mass is 446 g/mol. The summed E-state index contributed by atoms with van der Waals surface area (Å²) in [6.45, 7) is 0.792. The molecular formula is C26H26N2O5. The van der Waals surface area contributed by atoms with Crippen LogP contribution in [0.2, 0.25) is 0 Å². The van der Waals surface area contributed by atoms with E-state index in [1.165, 1.54) is 0 Å². The molecule has 0 saturated carbocycles. The van der Waals surface area contributed by atoms with Crippen LogP contribution in [0.1, 0.15) is 16.7 Å². The van der Waals surface area contributed by atoms with Crippen molar-refractivity contribution in [3.8, 4) is 17.2 Å². The van der Waals surface area contributed by atoms with E-state index in [1.807, 2.05) is 54.6 Å². The van der Waals surface area contributed by atoms with Crippen molar-refractivity contribution >= 4 is 17.5 Å². The van der Waals surface area contributed by atoms with E-state index < -0.39 is 0 Å². The topological polar surface area (TPSA) is 77.1 Å². The van der Waals surface area contributed by atoms with E-state index in [9.17, 15) is 9.59 Å². The molecule has 3 aromatic rings. The molecule has 0 spiro atoms. The van der Waals surface area contributed by atoms with Gasteiger partial charge in [0.15, 0.2) is 6.61 Å². The first-order valence-corrected chi connectivity index (χ1v) is 10.6. The van der Waals surface area contributed by atoms with E-state index in [1.54, 1.807) is 31.3 Å². The molecule has 4 rings (SSSR count). The molecule has 7 nitrogen and oxygen atoms in total. The lowest BCUT2D eigenvalue weighted by atomic mass is 10.1. The lowest BCUT2D eigenvalue weighted by molar-refractivity contribution is -0.133. The van der Waals surface area contributed by atoms with E-state index in [0.717, 1.165) is 28.2 Å². The van der Waals surface area contributed by atoms with Crippen molar-refractivity contribution in [1.82, 2.24) is 4.90 Å². The Labute approximate surface area is 192 Å². The van der Waals surface area contributed by atoms with Crippen LogP contribution in [0.3, 0.4) is 0 Å². The molecule has 170 valence electrons. The number of fused-ring (bicyclic) bond motifs is 1. The summed E-state index contributed by atoms with van der Waals surface area (Å²) in [5, 5.41) is 2.93. The third kappa shape index (κ3) is 5.63. The Morgan fingerprint density at radius 2 is 1.76 bits per heavy atom. The highest BCUT2D eigenvalue weighted by atomic mass is 16.5. The van der Waals surface area contributed by atoms with Crippen LogP contribution < -0.4 is 19.5 Å². The molecule has 0 aliphatic carbocycles. The molecule has 0 bridgehead atoms. The second-order valence-electron chi connectivity index (χ2n) is 7.79. The summed E-state index contributed by atoms with van der Waals surface area (Å²) in [5.41, 5.74) is 3.36. The molecule has 7 heteroatoms. The van der Waals surface area contributed by atoms with Crippen molar-refractivity contribution < 1.29 is 23.8 Å². The first kappa shape index (κ1) is 22.2. The molecule has 33 heavy (non-hydrogen) atoms. The predicted molar refractivity (Wildman–Crippen MR) is 125 cm³/mol. The molecule has 0 radical (unpaired) electrons. The molecule has 1 N–H and O–H groups in total. The van der Waals surface area contributed by atoms with E-state index in [4.69, 9.17) is 14.2 Å². The fraction of sp³-hybridized carbons (Fsp3) is 0.231. The number of anilines is 1. The lowest BCUT2D eigenvalue weighted by Gasteiger charge is -2.20. The van der Waals surface area contributed by atoms with Crippen molar-refractivity contribution in [1.29, 1.82) is 0 Å². The van der Waals surface area contributed by atoms with Crippen LogP contribution in [-0.2, 0) is 29.1 Å². The molecule has 1 aliphatic heterocycles. The van der Waals surface area contributed by atoms with Gasteiger partial charge >= 0.3 is 0 Å². The van der Waals surface area contributed by atoms with Gasteiger partial charge < -0.3 is 24.4 Å². The minimum absolute atomic E-state index is 0.0276. The normalized spacial score (nSPS) is 12.9. The molecule has 0 fully saturated rings. The van der Waals surface area contributed by atoms with Crippen molar-refractivity contribution in [2.45, 2.75) is 19.5 Å². The summed E-state index contributed by atoms with van der Waals surface area (Å²) < 4.78 is 16.1. The van der Waals surface area contributed by atoms with Crippen molar-refractivity contribution in [2.24, 2.45) is 0 Å². The van der Waals surface area contributed by atoms with Gasteiger partial charge in [-0.25, -0.2) is 0 Å². The Bertz CT molecular complexity index is 1140. The van der Waals surface area contributed by atoms with Crippen LogP contribution in [-0.4, -0.2) is 37.5 Å². The van der Waals surface area contributed by atoms with Crippen molar-refractivity contribution in [2.75, 3.05) is 26.1 Å². The zero-order valence-electron chi connectivity index (χ0n) is 18.7. The van der Waals surface area contributed by atoms with Gasteiger partial charge in [-0.3, -0.25) is 9.59 Å². The number of carbonyl (C=O) groups is 2. The number of ether oxygens (including phenoxy) is 3. The van der Waals surface area contributed by atoms with E-state index >= 15 is 0 Å². The number of hydrogen-bond donors (Lipinski definition) is 1. The Kier molecular flexibility index (Phi) is 6.78. The van der Waals surface area contributed by atoms with Gasteiger partial charge in [0, 0.05) is 24.3 Å². The maximum absolute atomic E-state index is 12.6. The first-order valence-electron chi connectivity index (χ1n) is 10.6. The number of rotatable bonds is 7. The number of methoxy groups -OCH3 is 2. The number of benzene rings is 3. The summed E-state index contributed by atoms with van der Waals surface area (Å²) in [6.07, 6.45) is 0.248. The Hall–Kier alpha value is -4.00. The van der Waals surface area contributed by atoms with Crippen LogP contribution in [0.4, 0.5) is 5.69 Å².